The third-order valence-corrected chi connectivity index (χ3v) is 2.13. The number of nitro groups is 1. The average molecular weight is 209 g/mol. The largest absolute Gasteiger partial charge is 0.382 e. The van der Waals surface area contributed by atoms with Crippen molar-refractivity contribution >= 4 is 5.84 Å². The molecule has 5 heteroatoms. The minimum atomic E-state index is -0.471. The molecule has 0 saturated heterocycles. The summed E-state index contributed by atoms with van der Waals surface area (Å²) in [7, 11) is 0. The van der Waals surface area contributed by atoms with Crippen LogP contribution in [0.1, 0.15) is 19.3 Å². The van der Waals surface area contributed by atoms with E-state index in [1.807, 2.05) is 0 Å². The Kier molecular flexibility index (Phi) is 4.53. The summed E-state index contributed by atoms with van der Waals surface area (Å²) in [5, 5.41) is 10.1. The van der Waals surface area contributed by atoms with Crippen molar-refractivity contribution in [1.29, 1.82) is 0 Å². The van der Waals surface area contributed by atoms with Crippen molar-refractivity contribution in [2.75, 3.05) is 13.1 Å². The van der Waals surface area contributed by atoms with Crippen molar-refractivity contribution in [2.24, 2.45) is 10.7 Å². The van der Waals surface area contributed by atoms with Crippen LogP contribution in [0.5, 0.6) is 0 Å². The van der Waals surface area contributed by atoms with Crippen LogP contribution in [0.25, 0.3) is 0 Å². The van der Waals surface area contributed by atoms with Crippen molar-refractivity contribution in [3.05, 3.63) is 33.9 Å². The van der Waals surface area contributed by atoms with E-state index in [4.69, 9.17) is 5.73 Å². The number of nitrogens with two attached hydrogens (primary N) is 1. The molecule has 5 nitrogen and oxygen atoms in total. The fraction of sp³-hybridized carbons (Fsp3) is 0.500. The van der Waals surface area contributed by atoms with Gasteiger partial charge in [-0.1, -0.05) is 23.8 Å². The zero-order valence-electron chi connectivity index (χ0n) is 8.56. The first kappa shape index (κ1) is 11.4. The zero-order chi connectivity index (χ0) is 11.1. The van der Waals surface area contributed by atoms with Gasteiger partial charge < -0.3 is 5.73 Å². The molecule has 0 unspecified atom stereocenters. The van der Waals surface area contributed by atoms with Crippen LogP contribution in [0.3, 0.4) is 0 Å². The summed E-state index contributed by atoms with van der Waals surface area (Å²) >= 11 is 0. The van der Waals surface area contributed by atoms with Gasteiger partial charge in [0.1, 0.15) is 0 Å². The first-order valence-corrected chi connectivity index (χ1v) is 4.92. The first-order valence-electron chi connectivity index (χ1n) is 4.92. The molecule has 0 fully saturated rings. The summed E-state index contributed by atoms with van der Waals surface area (Å²) in [6, 6.07) is 0. The maximum atomic E-state index is 10.1. The summed E-state index contributed by atoms with van der Waals surface area (Å²) in [5.41, 5.74) is 6.69. The fourth-order valence-electron chi connectivity index (χ4n) is 1.38. The molecule has 0 atom stereocenters. The van der Waals surface area contributed by atoms with E-state index in [1.54, 1.807) is 0 Å². The van der Waals surface area contributed by atoms with Gasteiger partial charge in [-0.05, 0) is 19.3 Å². The van der Waals surface area contributed by atoms with E-state index in [0.29, 0.717) is 6.54 Å². The third kappa shape index (κ3) is 4.95. The molecule has 1 aliphatic rings. The van der Waals surface area contributed by atoms with Gasteiger partial charge in [0.25, 0.3) is 6.54 Å². The highest BCUT2D eigenvalue weighted by atomic mass is 16.6. The van der Waals surface area contributed by atoms with Gasteiger partial charge in [0.05, 0.1) is 0 Å². The van der Waals surface area contributed by atoms with Gasteiger partial charge >= 0.3 is 0 Å². The summed E-state index contributed by atoms with van der Waals surface area (Å²) in [6.07, 6.45) is 9.18. The van der Waals surface area contributed by atoms with Gasteiger partial charge in [0.2, 0.25) is 0 Å². The van der Waals surface area contributed by atoms with Crippen molar-refractivity contribution in [3.8, 4) is 0 Å². The van der Waals surface area contributed by atoms with Crippen molar-refractivity contribution < 1.29 is 4.92 Å². The number of nitrogens with zero attached hydrogens (tertiary/aromatic N) is 2. The number of hydrogen-bond donors (Lipinski definition) is 1. The lowest BCUT2D eigenvalue weighted by Gasteiger charge is -2.06. The highest BCUT2D eigenvalue weighted by Gasteiger charge is 2.02. The molecule has 0 aromatic heterocycles. The first-order chi connectivity index (χ1) is 7.18. The Morgan fingerprint density at radius 3 is 3.00 bits per heavy atom. The number of rotatable bonds is 5. The quantitative estimate of drug-likeness (QED) is 0.243. The van der Waals surface area contributed by atoms with Crippen LogP contribution < -0.4 is 5.73 Å². The Morgan fingerprint density at radius 1 is 1.60 bits per heavy atom. The lowest BCUT2D eigenvalue weighted by Crippen LogP contribution is -2.23. The fourth-order valence-corrected chi connectivity index (χ4v) is 1.38. The van der Waals surface area contributed by atoms with Gasteiger partial charge in [-0.3, -0.25) is 15.1 Å². The maximum absolute atomic E-state index is 10.1. The minimum absolute atomic E-state index is 0.104. The minimum Gasteiger partial charge on any atom is -0.382 e. The second-order valence-electron chi connectivity index (χ2n) is 3.39. The summed E-state index contributed by atoms with van der Waals surface area (Å²) in [6.45, 7) is 0.179. The monoisotopic (exact) mass is 209 g/mol. The molecule has 1 rings (SSSR count). The average Bonchev–Trinajstić information content (AvgIpc) is 2.18. The van der Waals surface area contributed by atoms with E-state index in [-0.39, 0.29) is 12.4 Å². The van der Waals surface area contributed by atoms with Gasteiger partial charge in [-0.25, -0.2) is 0 Å². The third-order valence-electron chi connectivity index (χ3n) is 2.13. The lowest BCUT2D eigenvalue weighted by molar-refractivity contribution is -0.463. The summed E-state index contributed by atoms with van der Waals surface area (Å²) < 4.78 is 0. The molecule has 0 aliphatic heterocycles. The molecule has 15 heavy (non-hydrogen) atoms. The molecule has 0 amide bonds. The van der Waals surface area contributed by atoms with Crippen LogP contribution in [-0.4, -0.2) is 23.8 Å². The van der Waals surface area contributed by atoms with E-state index < -0.39 is 4.92 Å². The van der Waals surface area contributed by atoms with Gasteiger partial charge in [-0.2, -0.15) is 0 Å². The maximum Gasteiger partial charge on any atom is 0.259 e. The molecule has 0 radical (unpaired) electrons. The SMILES string of the molecule is NC(C[N+](=O)[O-])=NCCC1=CCC=CC1. The Bertz CT molecular complexity index is 319. The van der Waals surface area contributed by atoms with Crippen LogP contribution in [0, 0.1) is 10.1 Å². The van der Waals surface area contributed by atoms with Crippen LogP contribution in [0.15, 0.2) is 28.8 Å². The Balaban J connectivity index is 2.25. The standard InChI is InChI=1S/C10H15N3O2/c11-10(8-13(14)15)12-7-6-9-4-2-1-3-5-9/h1-2,5H,3-4,6-8H2,(H2,11,12). The van der Waals surface area contributed by atoms with Crippen molar-refractivity contribution in [3.63, 3.8) is 0 Å². The Morgan fingerprint density at radius 2 is 2.40 bits per heavy atom. The summed E-state index contributed by atoms with van der Waals surface area (Å²) in [5.74, 6) is 0.104. The number of allylic oxidation sites excluding steroid dienone is 3. The molecule has 0 bridgehead atoms. The second-order valence-corrected chi connectivity index (χ2v) is 3.39. The van der Waals surface area contributed by atoms with Crippen molar-refractivity contribution in [1.82, 2.24) is 0 Å². The molecule has 2 N–H and O–H groups in total. The molecular weight excluding hydrogens is 194 g/mol. The molecular formula is C10H15N3O2. The molecule has 1 aliphatic carbocycles. The normalized spacial score (nSPS) is 16.3. The highest BCUT2D eigenvalue weighted by molar-refractivity contribution is 5.81. The van der Waals surface area contributed by atoms with Crippen LogP contribution >= 0.6 is 0 Å². The predicted molar refractivity (Wildman–Crippen MR) is 59.4 cm³/mol. The van der Waals surface area contributed by atoms with Crippen LogP contribution in [0.4, 0.5) is 0 Å². The molecule has 0 aromatic rings. The van der Waals surface area contributed by atoms with E-state index in [9.17, 15) is 10.1 Å². The number of amidine groups is 1. The molecule has 0 spiro atoms. The molecule has 82 valence electrons. The zero-order valence-corrected chi connectivity index (χ0v) is 8.56. The Labute approximate surface area is 88.5 Å². The van der Waals surface area contributed by atoms with E-state index in [2.05, 4.69) is 23.2 Å². The highest BCUT2D eigenvalue weighted by Crippen LogP contribution is 2.14. The van der Waals surface area contributed by atoms with Crippen LogP contribution in [0.2, 0.25) is 0 Å². The van der Waals surface area contributed by atoms with Gasteiger partial charge in [-0.15, -0.1) is 0 Å². The predicted octanol–water partition coefficient (Wildman–Crippen LogP) is 1.29. The number of hydrogen-bond acceptors (Lipinski definition) is 3. The second kappa shape index (κ2) is 5.95. The van der Waals surface area contributed by atoms with E-state index in [0.717, 1.165) is 19.3 Å². The van der Waals surface area contributed by atoms with E-state index in [1.165, 1.54) is 5.57 Å². The molecule has 0 aromatic carbocycles. The van der Waals surface area contributed by atoms with E-state index >= 15 is 0 Å². The Hall–Kier alpha value is -1.65. The lowest BCUT2D eigenvalue weighted by atomic mass is 10.0. The van der Waals surface area contributed by atoms with Crippen LogP contribution in [-0.2, 0) is 0 Å². The van der Waals surface area contributed by atoms with Gasteiger partial charge in [0, 0.05) is 11.5 Å². The summed E-state index contributed by atoms with van der Waals surface area (Å²) in [4.78, 5) is 13.6. The topological polar surface area (TPSA) is 81.5 Å². The van der Waals surface area contributed by atoms with Crippen molar-refractivity contribution in [2.45, 2.75) is 19.3 Å². The molecule has 0 saturated carbocycles. The number of aliphatic imine (C=N–C) groups is 1. The van der Waals surface area contributed by atoms with Gasteiger partial charge in [0.15, 0.2) is 5.84 Å². The molecule has 0 heterocycles. The smallest absolute Gasteiger partial charge is 0.259 e.